The van der Waals surface area contributed by atoms with Crippen molar-refractivity contribution in [1.82, 2.24) is 0 Å². The Morgan fingerprint density at radius 1 is 0.524 bits per heavy atom. The van der Waals surface area contributed by atoms with Crippen molar-refractivity contribution in [3.8, 4) is 0 Å². The molecular weight excluding hydrogens is 481 g/mol. The van der Waals surface area contributed by atoms with Gasteiger partial charge in [0.25, 0.3) is 0 Å². The zero-order chi connectivity index (χ0) is 16.5. The SMILES string of the molecule is CC1(C)O[B]([Ac]([CH3])([CH3])[B]2OC(C)(C)C(C)(C)O2)OC1(C)C. The molecule has 0 spiro atoms. The normalized spacial score (nSPS) is 30.0. The summed E-state index contributed by atoms with van der Waals surface area (Å²) in [4.78, 5) is 0. The van der Waals surface area contributed by atoms with Crippen LogP contribution in [0.25, 0.3) is 0 Å². The van der Waals surface area contributed by atoms with Crippen molar-refractivity contribution < 1.29 is 53.3 Å². The van der Waals surface area contributed by atoms with E-state index in [1.807, 2.05) is 0 Å². The summed E-state index contributed by atoms with van der Waals surface area (Å²) in [5.41, 5.74) is -1.16. The van der Waals surface area contributed by atoms with E-state index in [-0.39, 0.29) is 26.3 Å². The quantitative estimate of drug-likeness (QED) is 0.534. The minimum absolute atomic E-state index is 0.129. The molecule has 0 atom stereocenters. The van der Waals surface area contributed by atoms with Gasteiger partial charge in [0.05, 0.1) is 0 Å². The number of hydrogen-bond donors (Lipinski definition) is 0. The number of hydrogen-bond acceptors (Lipinski definition) is 4. The Labute approximate surface area is 138 Å². The molecular formula is C14H30AcB2O4. The first-order chi connectivity index (χ1) is 9.12. The Kier molecular flexibility index (Phi) is 4.64. The van der Waals surface area contributed by atoms with E-state index in [9.17, 15) is 0 Å². The molecule has 0 aromatic rings. The molecule has 0 aromatic carbocycles. The van der Waals surface area contributed by atoms with Gasteiger partial charge in [-0.15, -0.1) is 0 Å². The fourth-order valence-electron chi connectivity index (χ4n) is 2.61. The average molecular weight is 511 g/mol. The van der Waals surface area contributed by atoms with Gasteiger partial charge in [0, 0.05) is 0 Å². The van der Waals surface area contributed by atoms with Crippen LogP contribution in [0.1, 0.15) is 55.4 Å². The molecule has 0 N–H and O–H groups in total. The van der Waals surface area contributed by atoms with Crippen LogP contribution in [0, 0.1) is 34.7 Å². The van der Waals surface area contributed by atoms with Crippen LogP contribution in [0.3, 0.4) is 0 Å². The molecule has 2 saturated heterocycles. The maximum atomic E-state index is 6.30. The van der Waals surface area contributed by atoms with E-state index in [0.29, 0.717) is 0 Å². The third kappa shape index (κ3) is 3.05. The van der Waals surface area contributed by atoms with Gasteiger partial charge in [0.2, 0.25) is 0 Å². The van der Waals surface area contributed by atoms with Gasteiger partial charge in [-0.25, -0.2) is 0 Å². The van der Waals surface area contributed by atoms with Crippen LogP contribution in [0.4, 0.5) is 0 Å². The zero-order valence-electron chi connectivity index (χ0n) is 15.4. The Morgan fingerprint density at radius 2 is 0.714 bits per heavy atom. The maximum absolute atomic E-state index is 6.30. The molecule has 2 aliphatic rings. The summed E-state index contributed by atoms with van der Waals surface area (Å²) in [5, 5.41) is 0. The van der Waals surface area contributed by atoms with Crippen molar-refractivity contribution in [2.24, 2.45) is 0 Å². The van der Waals surface area contributed by atoms with Crippen LogP contribution in [0.5, 0.6) is 0 Å². The summed E-state index contributed by atoms with van der Waals surface area (Å²) >= 11 is -3.24. The second-order valence-corrected chi connectivity index (χ2v) is 31.1. The molecule has 21 heavy (non-hydrogen) atoms. The molecule has 2 rings (SSSR count). The molecule has 0 radical (unpaired) electrons. The summed E-state index contributed by atoms with van der Waals surface area (Å²) in [6, 6.07) is 0. The van der Waals surface area contributed by atoms with Gasteiger partial charge in [-0.2, -0.15) is 0 Å². The second kappa shape index (κ2) is 5.20. The van der Waals surface area contributed by atoms with Crippen LogP contribution in [-0.2, 0) is 18.6 Å². The average Bonchev–Trinajstić information content (AvgIpc) is 2.59. The Morgan fingerprint density at radius 3 is 0.905 bits per heavy atom. The molecule has 2 fully saturated rings. The van der Waals surface area contributed by atoms with Gasteiger partial charge in [0.15, 0.2) is 0 Å². The molecule has 2 aliphatic heterocycles. The summed E-state index contributed by atoms with van der Waals surface area (Å²) in [7, 11) is 0. The predicted molar refractivity (Wildman–Crippen MR) is 83.9 cm³/mol. The first-order valence-electron chi connectivity index (χ1n) is 8.08. The minimum atomic E-state index is -3.24. The molecule has 0 saturated carbocycles. The van der Waals surface area contributed by atoms with Crippen LogP contribution in [0.15, 0.2) is 0 Å². The molecule has 4 nitrogen and oxygen atoms in total. The van der Waals surface area contributed by atoms with Gasteiger partial charge in [-0.05, 0) is 0 Å². The summed E-state index contributed by atoms with van der Waals surface area (Å²) in [5.74, 6) is 0. The van der Waals surface area contributed by atoms with Crippen molar-refractivity contribution in [2.45, 2.75) is 82.0 Å². The molecule has 0 aliphatic carbocycles. The molecule has 2 heterocycles. The van der Waals surface area contributed by atoms with Crippen molar-refractivity contribution in [2.75, 3.05) is 0 Å². The van der Waals surface area contributed by atoms with E-state index in [4.69, 9.17) is 18.6 Å². The first kappa shape index (κ1) is 18.7. The van der Waals surface area contributed by atoms with E-state index in [0.717, 1.165) is 0 Å². The zero-order valence-corrected chi connectivity index (χ0v) is 20.1. The fraction of sp³-hybridized carbons (Fsp3) is 1.00. The standard InChI is InChI=1S/2C6H12BO2.2CH3.Ac/c2*1-5(2)6(3,4)9-7-8-5;;;/h2*1-4H3;2*1H3;/q2*+1;;;-2. The molecule has 0 unspecified atom stereocenters. The Hall–Kier alpha value is 1.41. The molecule has 0 amide bonds. The third-order valence-corrected chi connectivity index (χ3v) is 19.7. The topological polar surface area (TPSA) is 36.9 Å². The van der Waals surface area contributed by atoms with Crippen molar-refractivity contribution in [3.05, 3.63) is 0 Å². The molecule has 0 bridgehead atoms. The molecule has 0 aromatic heterocycles. The molecule has 119 valence electrons. The van der Waals surface area contributed by atoms with Gasteiger partial charge >= 0.3 is 139 Å². The van der Waals surface area contributed by atoms with Crippen LogP contribution >= 0.6 is 0 Å². The van der Waals surface area contributed by atoms with Crippen molar-refractivity contribution >= 4 is 3.90 Å². The predicted octanol–water partition coefficient (Wildman–Crippen LogP) is 3.42. The van der Waals surface area contributed by atoms with Crippen LogP contribution in [0.2, 0.25) is 4.21 Å². The summed E-state index contributed by atoms with van der Waals surface area (Å²) in [6.45, 7) is 16.8. The van der Waals surface area contributed by atoms with Crippen molar-refractivity contribution in [3.63, 3.8) is 0 Å². The van der Waals surface area contributed by atoms with Crippen LogP contribution in [-0.4, -0.2) is 26.3 Å². The van der Waals surface area contributed by atoms with E-state index in [2.05, 4.69) is 59.6 Å². The Bertz CT molecular complexity index is 365. The molecule has 7 heteroatoms. The first-order valence-corrected chi connectivity index (χ1v) is 23.1. The van der Waals surface area contributed by atoms with Gasteiger partial charge in [-0.3, -0.25) is 0 Å². The van der Waals surface area contributed by atoms with E-state index < -0.39 is 34.7 Å². The van der Waals surface area contributed by atoms with Gasteiger partial charge in [-0.1, -0.05) is 0 Å². The van der Waals surface area contributed by atoms with Gasteiger partial charge in [0.1, 0.15) is 0 Å². The van der Waals surface area contributed by atoms with E-state index in [1.165, 1.54) is 0 Å². The van der Waals surface area contributed by atoms with E-state index >= 15 is 0 Å². The van der Waals surface area contributed by atoms with Crippen LogP contribution < -0.4 is 0 Å². The van der Waals surface area contributed by atoms with Crippen molar-refractivity contribution in [1.29, 1.82) is 0 Å². The summed E-state index contributed by atoms with van der Waals surface area (Å²) in [6.07, 6.45) is 0. The summed E-state index contributed by atoms with van der Waals surface area (Å²) < 4.78 is 29.6. The third-order valence-electron chi connectivity index (χ3n) is 5.95. The number of rotatable bonds is 2. The van der Waals surface area contributed by atoms with E-state index in [1.54, 1.807) is 0 Å². The fourth-order valence-corrected chi connectivity index (χ4v) is 15.0. The second-order valence-electron chi connectivity index (χ2n) is 9.35. The van der Waals surface area contributed by atoms with Gasteiger partial charge < -0.3 is 0 Å². The monoisotopic (exact) mass is 511 g/mol. The Balaban J connectivity index is 2.22.